The third kappa shape index (κ3) is 5.52. The second-order valence-corrected chi connectivity index (χ2v) is 5.70. The highest BCUT2D eigenvalue weighted by Gasteiger charge is 2.17. The quantitative estimate of drug-likeness (QED) is 0.662. The second kappa shape index (κ2) is 7.75. The van der Waals surface area contributed by atoms with E-state index < -0.39 is 11.9 Å². The molecule has 0 aromatic carbocycles. The third-order valence-corrected chi connectivity index (χ3v) is 3.70. The lowest BCUT2D eigenvalue weighted by Crippen LogP contribution is -2.39. The van der Waals surface area contributed by atoms with Gasteiger partial charge in [0, 0.05) is 12.6 Å². The molecule has 0 saturated carbocycles. The van der Waals surface area contributed by atoms with Crippen LogP contribution in [0.1, 0.15) is 30.6 Å². The van der Waals surface area contributed by atoms with Gasteiger partial charge in [-0.25, -0.2) is 0 Å². The van der Waals surface area contributed by atoms with Gasteiger partial charge in [-0.3, -0.25) is 19.3 Å². The number of hydrogen-bond acceptors (Lipinski definition) is 5. The number of carbonyl (C=O) groups excluding carboxylic acids is 2. The van der Waals surface area contributed by atoms with E-state index in [4.69, 9.17) is 10.8 Å². The molecule has 0 atom stereocenters. The van der Waals surface area contributed by atoms with Gasteiger partial charge >= 0.3 is 5.97 Å². The van der Waals surface area contributed by atoms with Crippen molar-refractivity contribution in [3.05, 3.63) is 17.0 Å². The van der Waals surface area contributed by atoms with E-state index in [0.29, 0.717) is 5.00 Å². The van der Waals surface area contributed by atoms with Crippen molar-refractivity contribution in [2.45, 2.75) is 26.3 Å². The van der Waals surface area contributed by atoms with Crippen molar-refractivity contribution in [2.24, 2.45) is 5.73 Å². The molecule has 0 bridgehead atoms. The SMILES string of the molecule is CC(C)N(CCC(=O)O)CC(=O)Nc1sccc1C(N)=O. The molecule has 0 spiro atoms. The highest BCUT2D eigenvalue weighted by molar-refractivity contribution is 7.14. The molecule has 1 aromatic heterocycles. The maximum Gasteiger partial charge on any atom is 0.304 e. The molecule has 2 amide bonds. The molecule has 0 aliphatic rings. The Hall–Kier alpha value is -1.93. The fourth-order valence-corrected chi connectivity index (χ4v) is 2.52. The molecule has 0 fully saturated rings. The lowest BCUT2D eigenvalue weighted by atomic mass is 10.2. The number of thiophene rings is 1. The van der Waals surface area contributed by atoms with E-state index in [0.717, 1.165) is 0 Å². The number of anilines is 1. The Morgan fingerprint density at radius 3 is 2.62 bits per heavy atom. The number of nitrogens with zero attached hydrogens (tertiary/aromatic N) is 1. The number of nitrogens with one attached hydrogen (secondary N) is 1. The Bertz CT molecular complexity index is 527. The summed E-state index contributed by atoms with van der Waals surface area (Å²) in [7, 11) is 0. The smallest absolute Gasteiger partial charge is 0.304 e. The zero-order chi connectivity index (χ0) is 16.0. The average Bonchev–Trinajstić information content (AvgIpc) is 2.81. The molecule has 21 heavy (non-hydrogen) atoms. The second-order valence-electron chi connectivity index (χ2n) is 4.78. The number of rotatable bonds is 8. The highest BCUT2D eigenvalue weighted by atomic mass is 32.1. The van der Waals surface area contributed by atoms with Crippen LogP contribution in [-0.2, 0) is 9.59 Å². The maximum absolute atomic E-state index is 12.0. The summed E-state index contributed by atoms with van der Waals surface area (Å²) in [5.41, 5.74) is 5.48. The van der Waals surface area contributed by atoms with Crippen molar-refractivity contribution in [3.63, 3.8) is 0 Å². The first-order chi connectivity index (χ1) is 9.81. The zero-order valence-corrected chi connectivity index (χ0v) is 12.8. The van der Waals surface area contributed by atoms with E-state index in [-0.39, 0.29) is 37.0 Å². The van der Waals surface area contributed by atoms with E-state index in [1.54, 1.807) is 16.3 Å². The summed E-state index contributed by atoms with van der Waals surface area (Å²) in [6, 6.07) is 1.59. The van der Waals surface area contributed by atoms with Crippen LogP contribution in [0.5, 0.6) is 0 Å². The molecule has 0 aliphatic heterocycles. The largest absolute Gasteiger partial charge is 0.481 e. The fraction of sp³-hybridized carbons (Fsp3) is 0.462. The molecule has 1 heterocycles. The molecule has 0 radical (unpaired) electrons. The number of amides is 2. The van der Waals surface area contributed by atoms with Crippen LogP contribution in [0.4, 0.5) is 5.00 Å². The maximum atomic E-state index is 12.0. The molecule has 4 N–H and O–H groups in total. The summed E-state index contributed by atoms with van der Waals surface area (Å²) in [6.07, 6.45) is -0.0308. The number of nitrogens with two attached hydrogens (primary N) is 1. The van der Waals surface area contributed by atoms with E-state index in [1.807, 2.05) is 13.8 Å². The van der Waals surface area contributed by atoms with Crippen molar-refractivity contribution in [1.82, 2.24) is 4.90 Å². The monoisotopic (exact) mass is 313 g/mol. The number of primary amides is 1. The van der Waals surface area contributed by atoms with Gasteiger partial charge in [0.2, 0.25) is 5.91 Å². The first-order valence-corrected chi connectivity index (χ1v) is 7.32. The number of aliphatic carboxylic acids is 1. The minimum atomic E-state index is -0.907. The Morgan fingerprint density at radius 1 is 1.43 bits per heavy atom. The zero-order valence-electron chi connectivity index (χ0n) is 12.0. The molecule has 7 nitrogen and oxygen atoms in total. The first-order valence-electron chi connectivity index (χ1n) is 6.44. The highest BCUT2D eigenvalue weighted by Crippen LogP contribution is 2.22. The Kier molecular flexibility index (Phi) is 6.32. The van der Waals surface area contributed by atoms with Gasteiger partial charge in [0.1, 0.15) is 5.00 Å². The first kappa shape index (κ1) is 17.1. The molecule has 0 unspecified atom stereocenters. The van der Waals surface area contributed by atoms with Crippen LogP contribution < -0.4 is 11.1 Å². The molecule has 0 saturated heterocycles. The third-order valence-electron chi connectivity index (χ3n) is 2.87. The van der Waals surface area contributed by atoms with Gasteiger partial charge in [-0.15, -0.1) is 11.3 Å². The average molecular weight is 313 g/mol. The van der Waals surface area contributed by atoms with Crippen LogP contribution in [0.25, 0.3) is 0 Å². The van der Waals surface area contributed by atoms with Gasteiger partial charge in [-0.2, -0.15) is 0 Å². The van der Waals surface area contributed by atoms with Crippen LogP contribution in [0.2, 0.25) is 0 Å². The molecule has 1 rings (SSSR count). The molecular weight excluding hydrogens is 294 g/mol. The topological polar surface area (TPSA) is 113 Å². The minimum absolute atomic E-state index is 0.0308. The summed E-state index contributed by atoms with van der Waals surface area (Å²) in [4.78, 5) is 35.5. The van der Waals surface area contributed by atoms with Gasteiger partial charge < -0.3 is 16.2 Å². The van der Waals surface area contributed by atoms with Crippen molar-refractivity contribution in [1.29, 1.82) is 0 Å². The fourth-order valence-electron chi connectivity index (χ4n) is 1.71. The lowest BCUT2D eigenvalue weighted by molar-refractivity contribution is -0.137. The number of hydrogen-bond donors (Lipinski definition) is 3. The van der Waals surface area contributed by atoms with Crippen LogP contribution in [0.3, 0.4) is 0 Å². The van der Waals surface area contributed by atoms with E-state index >= 15 is 0 Å². The van der Waals surface area contributed by atoms with E-state index in [2.05, 4.69) is 5.32 Å². The summed E-state index contributed by atoms with van der Waals surface area (Å²) < 4.78 is 0. The molecule has 1 aromatic rings. The van der Waals surface area contributed by atoms with Crippen LogP contribution in [-0.4, -0.2) is 46.9 Å². The van der Waals surface area contributed by atoms with E-state index in [1.165, 1.54) is 11.3 Å². The number of carboxylic acids is 1. The van der Waals surface area contributed by atoms with Gasteiger partial charge in [0.05, 0.1) is 18.5 Å². The number of carboxylic acid groups (broad SMARTS) is 1. The van der Waals surface area contributed by atoms with Crippen LogP contribution >= 0.6 is 11.3 Å². The molecule has 0 aliphatic carbocycles. The summed E-state index contributed by atoms with van der Waals surface area (Å²) in [5, 5.41) is 13.4. The summed E-state index contributed by atoms with van der Waals surface area (Å²) in [6.45, 7) is 4.11. The normalized spacial score (nSPS) is 10.9. The predicted molar refractivity (Wildman–Crippen MR) is 80.4 cm³/mol. The minimum Gasteiger partial charge on any atom is -0.481 e. The van der Waals surface area contributed by atoms with Gasteiger partial charge in [-0.05, 0) is 25.3 Å². The number of carbonyl (C=O) groups is 3. The van der Waals surface area contributed by atoms with Gasteiger partial charge in [-0.1, -0.05) is 0 Å². The lowest BCUT2D eigenvalue weighted by Gasteiger charge is -2.24. The van der Waals surface area contributed by atoms with Crippen LogP contribution in [0, 0.1) is 0 Å². The molecule has 116 valence electrons. The molecule has 8 heteroatoms. The van der Waals surface area contributed by atoms with Crippen molar-refractivity contribution < 1.29 is 19.5 Å². The van der Waals surface area contributed by atoms with Gasteiger partial charge in [0.25, 0.3) is 5.91 Å². The predicted octanol–water partition coefficient (Wildman–Crippen LogP) is 0.971. The Balaban J connectivity index is 2.63. The summed E-state index contributed by atoms with van der Waals surface area (Å²) in [5.74, 6) is -1.81. The Labute approximate surface area is 126 Å². The van der Waals surface area contributed by atoms with Crippen LogP contribution in [0.15, 0.2) is 11.4 Å². The summed E-state index contributed by atoms with van der Waals surface area (Å²) >= 11 is 1.21. The standard InChI is InChI=1S/C13H19N3O4S/c1-8(2)16(5-3-11(18)19)7-10(17)15-13-9(12(14)20)4-6-21-13/h4,6,8H,3,5,7H2,1-2H3,(H2,14,20)(H,15,17)(H,18,19). The Morgan fingerprint density at radius 2 is 2.10 bits per heavy atom. The van der Waals surface area contributed by atoms with Crippen molar-refractivity contribution >= 4 is 34.1 Å². The van der Waals surface area contributed by atoms with E-state index in [9.17, 15) is 14.4 Å². The molecular formula is C13H19N3O4S. The van der Waals surface area contributed by atoms with Gasteiger partial charge in [0.15, 0.2) is 0 Å². The van der Waals surface area contributed by atoms with Crippen molar-refractivity contribution in [2.75, 3.05) is 18.4 Å². The van der Waals surface area contributed by atoms with Crippen molar-refractivity contribution in [3.8, 4) is 0 Å².